The number of likely N-dealkylation sites (tertiary alicyclic amines) is 1. The molecule has 0 spiro atoms. The Kier molecular flexibility index (Phi) is 4.82. The molecule has 1 saturated heterocycles. The molecule has 5 rings (SSSR count). The van der Waals surface area contributed by atoms with Crippen LogP contribution in [0.1, 0.15) is 12.8 Å². The van der Waals surface area contributed by atoms with Gasteiger partial charge in [0.05, 0.1) is 17.3 Å². The van der Waals surface area contributed by atoms with Gasteiger partial charge in [0, 0.05) is 17.0 Å². The Morgan fingerprint density at radius 1 is 0.897 bits per heavy atom. The third-order valence-corrected chi connectivity index (χ3v) is 5.91. The first-order valence-electron chi connectivity index (χ1n) is 10.3. The van der Waals surface area contributed by atoms with Gasteiger partial charge in [0.2, 0.25) is 5.91 Å². The van der Waals surface area contributed by atoms with E-state index >= 15 is 0 Å². The lowest BCUT2D eigenvalue weighted by Gasteiger charge is -2.32. The van der Waals surface area contributed by atoms with Crippen molar-refractivity contribution in [2.24, 2.45) is 15.9 Å². The van der Waals surface area contributed by atoms with Crippen LogP contribution in [0.2, 0.25) is 0 Å². The van der Waals surface area contributed by atoms with Gasteiger partial charge in [-0.3, -0.25) is 19.7 Å². The van der Waals surface area contributed by atoms with Gasteiger partial charge < -0.3 is 5.32 Å². The molecule has 5 heteroatoms. The van der Waals surface area contributed by atoms with Crippen LogP contribution in [0.25, 0.3) is 10.8 Å². The Balaban J connectivity index is 1.18. The highest BCUT2D eigenvalue weighted by Gasteiger charge is 2.28. The minimum Gasteiger partial charge on any atom is -0.324 e. The van der Waals surface area contributed by atoms with E-state index in [1.807, 2.05) is 54.6 Å². The van der Waals surface area contributed by atoms with Crippen molar-refractivity contribution in [3.63, 3.8) is 0 Å². The number of rotatable bonds is 4. The fourth-order valence-electron chi connectivity index (χ4n) is 4.34. The fraction of sp³-hybridized carbons (Fsp3) is 0.292. The summed E-state index contributed by atoms with van der Waals surface area (Å²) in [5.41, 5.74) is 0.879. The smallest absolute Gasteiger partial charge is 0.238 e. The highest BCUT2D eigenvalue weighted by atomic mass is 16.2. The van der Waals surface area contributed by atoms with Gasteiger partial charge in [-0.1, -0.05) is 48.5 Å². The molecule has 0 atom stereocenters. The predicted molar refractivity (Wildman–Crippen MR) is 114 cm³/mol. The van der Waals surface area contributed by atoms with E-state index in [4.69, 9.17) is 9.98 Å². The van der Waals surface area contributed by atoms with E-state index in [-0.39, 0.29) is 12.1 Å². The number of hydrogen-bond acceptors (Lipinski definition) is 4. The quantitative estimate of drug-likeness (QED) is 0.752. The first kappa shape index (κ1) is 18.0. The van der Waals surface area contributed by atoms with Crippen LogP contribution in [-0.4, -0.2) is 36.6 Å². The van der Waals surface area contributed by atoms with Crippen molar-refractivity contribution in [1.29, 1.82) is 0 Å². The van der Waals surface area contributed by atoms with Crippen molar-refractivity contribution in [3.05, 3.63) is 77.4 Å². The summed E-state index contributed by atoms with van der Waals surface area (Å²) in [7, 11) is 0. The van der Waals surface area contributed by atoms with Crippen LogP contribution in [0.4, 0.5) is 5.69 Å². The first-order chi connectivity index (χ1) is 14.3. The highest BCUT2D eigenvalue weighted by molar-refractivity contribution is 6.02. The molecule has 1 amide bonds. The molecule has 0 saturated carbocycles. The molecule has 146 valence electrons. The van der Waals surface area contributed by atoms with E-state index in [1.54, 1.807) is 0 Å². The molecule has 3 aromatic carbocycles. The molecule has 3 aromatic rings. The van der Waals surface area contributed by atoms with Crippen molar-refractivity contribution in [1.82, 2.24) is 4.90 Å². The van der Waals surface area contributed by atoms with Gasteiger partial charge in [0.1, 0.15) is 6.17 Å². The Morgan fingerprint density at radius 2 is 1.55 bits per heavy atom. The SMILES string of the molecule is O=C(CN1CCC(C2N=c3ccccc3=N2)CC1)Nc1cccc2ccccc12. The number of nitrogens with zero attached hydrogens (tertiary/aromatic N) is 3. The number of amides is 1. The summed E-state index contributed by atoms with van der Waals surface area (Å²) in [5, 5.41) is 7.32. The maximum Gasteiger partial charge on any atom is 0.238 e. The number of anilines is 1. The van der Waals surface area contributed by atoms with E-state index < -0.39 is 0 Å². The van der Waals surface area contributed by atoms with Gasteiger partial charge in [-0.15, -0.1) is 0 Å². The molecule has 1 N–H and O–H groups in total. The molecule has 0 aliphatic carbocycles. The van der Waals surface area contributed by atoms with Gasteiger partial charge in [-0.05, 0) is 49.5 Å². The van der Waals surface area contributed by atoms with Crippen molar-refractivity contribution >= 4 is 22.4 Å². The van der Waals surface area contributed by atoms with Crippen LogP contribution in [0, 0.1) is 5.92 Å². The number of hydrogen-bond donors (Lipinski definition) is 1. The Hall–Kier alpha value is -3.05. The first-order valence-corrected chi connectivity index (χ1v) is 10.3. The normalized spacial score (nSPS) is 17.5. The summed E-state index contributed by atoms with van der Waals surface area (Å²) < 4.78 is 0. The third-order valence-electron chi connectivity index (χ3n) is 5.91. The van der Waals surface area contributed by atoms with E-state index in [0.717, 1.165) is 53.1 Å². The molecule has 29 heavy (non-hydrogen) atoms. The second kappa shape index (κ2) is 7.76. The average molecular weight is 384 g/mol. The van der Waals surface area contributed by atoms with Gasteiger partial charge >= 0.3 is 0 Å². The molecule has 0 aromatic heterocycles. The number of benzene rings is 3. The van der Waals surface area contributed by atoms with Gasteiger partial charge in [-0.2, -0.15) is 0 Å². The molecular weight excluding hydrogens is 360 g/mol. The zero-order chi connectivity index (χ0) is 19.6. The van der Waals surface area contributed by atoms with E-state index in [0.29, 0.717) is 12.5 Å². The summed E-state index contributed by atoms with van der Waals surface area (Å²) in [4.78, 5) is 24.4. The Labute approximate surface area is 169 Å². The van der Waals surface area contributed by atoms with Crippen LogP contribution in [0.15, 0.2) is 76.7 Å². The van der Waals surface area contributed by atoms with Gasteiger partial charge in [-0.25, -0.2) is 0 Å². The number of para-hydroxylation sites is 2. The fourth-order valence-corrected chi connectivity index (χ4v) is 4.34. The zero-order valence-corrected chi connectivity index (χ0v) is 16.3. The number of carbonyl (C=O) groups excluding carboxylic acids is 1. The van der Waals surface area contributed by atoms with Crippen LogP contribution < -0.4 is 16.0 Å². The van der Waals surface area contributed by atoms with Crippen molar-refractivity contribution in [2.75, 3.05) is 25.0 Å². The Morgan fingerprint density at radius 3 is 2.31 bits per heavy atom. The lowest BCUT2D eigenvalue weighted by Crippen LogP contribution is -2.41. The van der Waals surface area contributed by atoms with Crippen molar-refractivity contribution < 1.29 is 4.79 Å². The summed E-state index contributed by atoms with van der Waals surface area (Å²) in [6, 6.07) is 22.2. The number of carbonyl (C=O) groups is 1. The van der Waals surface area contributed by atoms with Crippen LogP contribution in [-0.2, 0) is 4.79 Å². The largest absolute Gasteiger partial charge is 0.324 e. The molecule has 5 nitrogen and oxygen atoms in total. The molecule has 2 aliphatic heterocycles. The topological polar surface area (TPSA) is 57.1 Å². The van der Waals surface area contributed by atoms with E-state index in [9.17, 15) is 4.79 Å². The number of nitrogens with one attached hydrogen (secondary N) is 1. The van der Waals surface area contributed by atoms with Crippen LogP contribution in [0.5, 0.6) is 0 Å². The molecule has 0 radical (unpaired) electrons. The minimum atomic E-state index is 0.0408. The number of piperidine rings is 1. The summed E-state index contributed by atoms with van der Waals surface area (Å²) in [6.07, 6.45) is 2.08. The summed E-state index contributed by atoms with van der Waals surface area (Å²) >= 11 is 0. The summed E-state index contributed by atoms with van der Waals surface area (Å²) in [5.74, 6) is 0.502. The average Bonchev–Trinajstić information content (AvgIpc) is 3.19. The number of fused-ring (bicyclic) bond motifs is 2. The lowest BCUT2D eigenvalue weighted by molar-refractivity contribution is -0.117. The maximum atomic E-state index is 12.6. The summed E-state index contributed by atoms with van der Waals surface area (Å²) in [6.45, 7) is 2.24. The maximum absolute atomic E-state index is 12.6. The minimum absolute atomic E-state index is 0.0408. The molecular formula is C24H24N4O. The molecule has 0 unspecified atom stereocenters. The molecule has 1 fully saturated rings. The monoisotopic (exact) mass is 384 g/mol. The second-order valence-corrected chi connectivity index (χ2v) is 7.85. The Bertz CT molecular complexity index is 1120. The molecule has 2 heterocycles. The van der Waals surface area contributed by atoms with Crippen LogP contribution >= 0.6 is 0 Å². The van der Waals surface area contributed by atoms with E-state index in [2.05, 4.69) is 22.3 Å². The van der Waals surface area contributed by atoms with Crippen LogP contribution in [0.3, 0.4) is 0 Å². The van der Waals surface area contributed by atoms with Crippen molar-refractivity contribution in [3.8, 4) is 0 Å². The standard InChI is InChI=1S/C24H24N4O/c29-23(25-20-11-5-7-17-6-1-2-8-19(17)20)16-28-14-12-18(13-15-28)24-26-21-9-3-4-10-22(21)27-24/h1-11,18,24H,12-16H2,(H,25,29). The predicted octanol–water partition coefficient (Wildman–Crippen LogP) is 2.77. The lowest BCUT2D eigenvalue weighted by atomic mass is 9.94. The second-order valence-electron chi connectivity index (χ2n) is 7.85. The highest BCUT2D eigenvalue weighted by Crippen LogP contribution is 2.25. The molecule has 2 aliphatic rings. The third kappa shape index (κ3) is 3.78. The van der Waals surface area contributed by atoms with E-state index in [1.165, 1.54) is 0 Å². The van der Waals surface area contributed by atoms with Gasteiger partial charge in [0.15, 0.2) is 0 Å². The zero-order valence-electron chi connectivity index (χ0n) is 16.3. The van der Waals surface area contributed by atoms with Crippen molar-refractivity contribution in [2.45, 2.75) is 19.0 Å². The molecule has 0 bridgehead atoms. The van der Waals surface area contributed by atoms with Gasteiger partial charge in [0.25, 0.3) is 0 Å².